The quantitative estimate of drug-likeness (QED) is 0.452. The molecule has 56 valence electrons. The summed E-state index contributed by atoms with van der Waals surface area (Å²) in [5.74, 6) is -1.08. The van der Waals surface area contributed by atoms with Gasteiger partial charge >= 0.3 is 0 Å². The SMILES string of the molecule is CC(=O)C(=O)CCC(=O)Cl. The minimum atomic E-state index is -0.588. The first kappa shape index (κ1) is 9.30. The van der Waals surface area contributed by atoms with Crippen molar-refractivity contribution in [3.8, 4) is 0 Å². The molecule has 0 N–H and O–H groups in total. The van der Waals surface area contributed by atoms with Gasteiger partial charge in [-0.3, -0.25) is 14.4 Å². The summed E-state index contributed by atoms with van der Waals surface area (Å²) >= 11 is 4.92. The molecule has 0 fully saturated rings. The Bertz CT molecular complexity index is 174. The van der Waals surface area contributed by atoms with E-state index in [2.05, 4.69) is 0 Å². The van der Waals surface area contributed by atoms with Crippen LogP contribution in [0.2, 0.25) is 0 Å². The molecule has 0 saturated carbocycles. The Labute approximate surface area is 63.4 Å². The van der Waals surface area contributed by atoms with Crippen LogP contribution in [-0.4, -0.2) is 16.8 Å². The zero-order valence-electron chi connectivity index (χ0n) is 5.52. The van der Waals surface area contributed by atoms with E-state index >= 15 is 0 Å². The van der Waals surface area contributed by atoms with Crippen molar-refractivity contribution in [2.45, 2.75) is 19.8 Å². The minimum absolute atomic E-state index is 0.0556. The van der Waals surface area contributed by atoms with E-state index in [1.54, 1.807) is 0 Å². The third-order valence-electron chi connectivity index (χ3n) is 0.941. The summed E-state index contributed by atoms with van der Waals surface area (Å²) in [5.41, 5.74) is 0. The molecule has 0 unspecified atom stereocenters. The lowest BCUT2D eigenvalue weighted by atomic mass is 10.2. The van der Waals surface area contributed by atoms with Crippen LogP contribution in [0.3, 0.4) is 0 Å². The van der Waals surface area contributed by atoms with Gasteiger partial charge in [-0.1, -0.05) is 0 Å². The van der Waals surface area contributed by atoms with Gasteiger partial charge in [0.1, 0.15) is 0 Å². The molecule has 0 heterocycles. The van der Waals surface area contributed by atoms with Crippen LogP contribution in [0.4, 0.5) is 0 Å². The fourth-order valence-corrected chi connectivity index (χ4v) is 0.482. The molecule has 0 aliphatic carbocycles. The summed E-state index contributed by atoms with van der Waals surface area (Å²) in [6, 6.07) is 0. The Hall–Kier alpha value is -0.700. The van der Waals surface area contributed by atoms with Gasteiger partial charge in [0.05, 0.1) is 0 Å². The van der Waals surface area contributed by atoms with Crippen LogP contribution in [0.15, 0.2) is 0 Å². The molecule has 0 aliphatic heterocycles. The van der Waals surface area contributed by atoms with Crippen molar-refractivity contribution < 1.29 is 14.4 Å². The van der Waals surface area contributed by atoms with Gasteiger partial charge in [0.25, 0.3) is 0 Å². The number of carbonyl (C=O) groups is 3. The van der Waals surface area contributed by atoms with Crippen molar-refractivity contribution in [3.63, 3.8) is 0 Å². The van der Waals surface area contributed by atoms with E-state index in [0.29, 0.717) is 0 Å². The monoisotopic (exact) mass is 162 g/mol. The van der Waals surface area contributed by atoms with Crippen LogP contribution in [-0.2, 0) is 14.4 Å². The Morgan fingerprint density at radius 3 is 2.00 bits per heavy atom. The number of rotatable bonds is 4. The Balaban J connectivity index is 3.60. The predicted molar refractivity (Wildman–Crippen MR) is 35.8 cm³/mol. The summed E-state index contributed by atoms with van der Waals surface area (Å²) in [5, 5.41) is -0.588. The molecular formula is C6H7ClO3. The molecule has 3 nitrogen and oxygen atoms in total. The average Bonchev–Trinajstić information content (AvgIpc) is 1.82. The van der Waals surface area contributed by atoms with Crippen LogP contribution in [0.25, 0.3) is 0 Å². The van der Waals surface area contributed by atoms with Gasteiger partial charge in [0.2, 0.25) is 5.24 Å². The average molecular weight is 163 g/mol. The molecule has 0 radical (unpaired) electrons. The highest BCUT2D eigenvalue weighted by atomic mass is 35.5. The van der Waals surface area contributed by atoms with Gasteiger partial charge < -0.3 is 0 Å². The van der Waals surface area contributed by atoms with E-state index in [1.807, 2.05) is 0 Å². The summed E-state index contributed by atoms with van der Waals surface area (Å²) in [4.78, 5) is 30.8. The molecule has 0 atom stereocenters. The molecular weight excluding hydrogens is 156 g/mol. The zero-order chi connectivity index (χ0) is 8.15. The molecule has 4 heteroatoms. The summed E-state index contributed by atoms with van der Waals surface area (Å²) in [6.07, 6.45) is -0.127. The van der Waals surface area contributed by atoms with Gasteiger partial charge in [-0.05, 0) is 11.6 Å². The molecule has 0 saturated heterocycles. The van der Waals surface area contributed by atoms with Gasteiger partial charge in [0, 0.05) is 19.8 Å². The van der Waals surface area contributed by atoms with Crippen LogP contribution < -0.4 is 0 Å². The smallest absolute Gasteiger partial charge is 0.222 e. The van der Waals surface area contributed by atoms with E-state index in [1.165, 1.54) is 6.92 Å². The lowest BCUT2D eigenvalue weighted by Crippen LogP contribution is -2.09. The van der Waals surface area contributed by atoms with Crippen LogP contribution in [0.5, 0.6) is 0 Å². The normalized spacial score (nSPS) is 9.00. The Kier molecular flexibility index (Phi) is 3.88. The van der Waals surface area contributed by atoms with Crippen LogP contribution in [0, 0.1) is 0 Å². The van der Waals surface area contributed by atoms with E-state index in [4.69, 9.17) is 11.6 Å². The minimum Gasteiger partial charge on any atom is -0.291 e. The number of halogens is 1. The van der Waals surface area contributed by atoms with Crippen molar-refractivity contribution in [1.29, 1.82) is 0 Å². The molecule has 0 bridgehead atoms. The summed E-state index contributed by atoms with van der Waals surface area (Å²) < 4.78 is 0. The van der Waals surface area contributed by atoms with E-state index in [9.17, 15) is 14.4 Å². The highest BCUT2D eigenvalue weighted by Crippen LogP contribution is 1.95. The molecule has 0 spiro atoms. The molecule has 0 rings (SSSR count). The number of ketones is 2. The highest BCUT2D eigenvalue weighted by molar-refractivity contribution is 6.63. The second kappa shape index (κ2) is 4.17. The lowest BCUT2D eigenvalue weighted by Gasteiger charge is -1.89. The second-order valence-electron chi connectivity index (χ2n) is 1.83. The fraction of sp³-hybridized carbons (Fsp3) is 0.500. The zero-order valence-corrected chi connectivity index (χ0v) is 6.27. The molecule has 0 aromatic heterocycles. The van der Waals surface area contributed by atoms with Gasteiger partial charge in [-0.15, -0.1) is 0 Å². The van der Waals surface area contributed by atoms with Crippen LogP contribution in [0.1, 0.15) is 19.8 Å². The maximum Gasteiger partial charge on any atom is 0.222 e. The summed E-state index contributed by atoms with van der Waals surface area (Å²) in [7, 11) is 0. The first-order valence-electron chi connectivity index (χ1n) is 2.76. The first-order valence-corrected chi connectivity index (χ1v) is 3.14. The number of carbonyl (C=O) groups excluding carboxylic acids is 3. The maximum atomic E-state index is 10.5. The molecule has 0 aliphatic rings. The topological polar surface area (TPSA) is 51.2 Å². The maximum absolute atomic E-state index is 10.5. The van der Waals surface area contributed by atoms with E-state index in [-0.39, 0.29) is 12.8 Å². The Morgan fingerprint density at radius 2 is 1.70 bits per heavy atom. The van der Waals surface area contributed by atoms with E-state index in [0.717, 1.165) is 0 Å². The lowest BCUT2D eigenvalue weighted by molar-refractivity contribution is -0.135. The first-order chi connectivity index (χ1) is 4.54. The predicted octanol–water partition coefficient (Wildman–Crippen LogP) is 0.690. The highest BCUT2D eigenvalue weighted by Gasteiger charge is 2.08. The van der Waals surface area contributed by atoms with Gasteiger partial charge in [-0.2, -0.15) is 0 Å². The largest absolute Gasteiger partial charge is 0.291 e. The molecule has 0 amide bonds. The third-order valence-corrected chi connectivity index (χ3v) is 1.13. The standard InChI is InChI=1S/C6H7ClO3/c1-4(8)5(9)2-3-6(7)10/h2-3H2,1H3. The van der Waals surface area contributed by atoms with Crippen molar-refractivity contribution in [3.05, 3.63) is 0 Å². The number of hydrogen-bond acceptors (Lipinski definition) is 3. The number of hydrogen-bond donors (Lipinski definition) is 0. The van der Waals surface area contributed by atoms with Gasteiger partial charge in [0.15, 0.2) is 11.6 Å². The van der Waals surface area contributed by atoms with E-state index < -0.39 is 16.8 Å². The summed E-state index contributed by atoms with van der Waals surface area (Å²) in [6.45, 7) is 1.17. The molecule has 0 aromatic carbocycles. The fourth-order valence-electron chi connectivity index (χ4n) is 0.388. The molecule has 0 aromatic rings. The molecule has 10 heavy (non-hydrogen) atoms. The van der Waals surface area contributed by atoms with Crippen molar-refractivity contribution in [1.82, 2.24) is 0 Å². The third kappa shape index (κ3) is 4.21. The Morgan fingerprint density at radius 1 is 1.20 bits per heavy atom. The van der Waals surface area contributed by atoms with Crippen molar-refractivity contribution in [2.75, 3.05) is 0 Å². The van der Waals surface area contributed by atoms with Crippen LogP contribution >= 0.6 is 11.6 Å². The van der Waals surface area contributed by atoms with Gasteiger partial charge in [-0.25, -0.2) is 0 Å². The van der Waals surface area contributed by atoms with Crippen molar-refractivity contribution >= 4 is 28.4 Å². The van der Waals surface area contributed by atoms with Crippen molar-refractivity contribution in [2.24, 2.45) is 0 Å². The number of Topliss-reactive ketones (excluding diaryl/α,β-unsaturated/α-hetero) is 2. The second-order valence-corrected chi connectivity index (χ2v) is 2.26.